The largest absolute Gasteiger partial charge is 0.497 e. The first-order valence-corrected chi connectivity index (χ1v) is 9.91. The van der Waals surface area contributed by atoms with Crippen LogP contribution in [0.25, 0.3) is 11.3 Å². The Morgan fingerprint density at radius 1 is 1.27 bits per heavy atom. The van der Waals surface area contributed by atoms with Crippen molar-refractivity contribution in [2.45, 2.75) is 19.0 Å². The summed E-state index contributed by atoms with van der Waals surface area (Å²) in [5.41, 5.74) is 0.918. The maximum Gasteiger partial charge on any atom is 0.267 e. The van der Waals surface area contributed by atoms with Crippen LogP contribution in [0.3, 0.4) is 0 Å². The fourth-order valence-corrected chi connectivity index (χ4v) is 4.47. The third-order valence-electron chi connectivity index (χ3n) is 4.14. The van der Waals surface area contributed by atoms with Crippen LogP contribution < -0.4 is 15.6 Å². The van der Waals surface area contributed by atoms with Crippen LogP contribution in [-0.2, 0) is 21.2 Å². The summed E-state index contributed by atoms with van der Waals surface area (Å²) in [5, 5.41) is 6.88. The van der Waals surface area contributed by atoms with Gasteiger partial charge in [-0.2, -0.15) is 5.10 Å². The number of sulfone groups is 1. The van der Waals surface area contributed by atoms with Crippen molar-refractivity contribution in [3.63, 3.8) is 0 Å². The van der Waals surface area contributed by atoms with Gasteiger partial charge >= 0.3 is 0 Å². The second kappa shape index (κ2) is 7.28. The van der Waals surface area contributed by atoms with Crippen molar-refractivity contribution in [3.05, 3.63) is 46.8 Å². The van der Waals surface area contributed by atoms with E-state index in [9.17, 15) is 18.0 Å². The van der Waals surface area contributed by atoms with Crippen molar-refractivity contribution in [2.75, 3.05) is 18.6 Å². The summed E-state index contributed by atoms with van der Waals surface area (Å²) in [6.45, 7) is -0.265. The predicted octanol–water partition coefficient (Wildman–Crippen LogP) is 0.222. The molecule has 2 heterocycles. The number of nitrogens with one attached hydrogen (secondary N) is 1. The third-order valence-corrected chi connectivity index (χ3v) is 5.91. The van der Waals surface area contributed by atoms with E-state index in [4.69, 9.17) is 4.74 Å². The molecule has 0 bridgehead atoms. The average molecular weight is 377 g/mol. The number of ether oxygens (including phenoxy) is 1. The molecular formula is C17H19N3O5S. The Morgan fingerprint density at radius 2 is 2.00 bits per heavy atom. The minimum atomic E-state index is -3.08. The van der Waals surface area contributed by atoms with Crippen LogP contribution in [0.15, 0.2) is 41.2 Å². The van der Waals surface area contributed by atoms with Crippen LogP contribution in [0.5, 0.6) is 5.75 Å². The van der Waals surface area contributed by atoms with Gasteiger partial charge in [-0.15, -0.1) is 0 Å². The monoisotopic (exact) mass is 377 g/mol. The molecule has 1 aliphatic heterocycles. The second-order valence-corrected chi connectivity index (χ2v) is 8.34. The maximum absolute atomic E-state index is 12.1. The first-order valence-electron chi connectivity index (χ1n) is 8.09. The Balaban J connectivity index is 1.73. The summed E-state index contributed by atoms with van der Waals surface area (Å²) < 4.78 is 29.1. The quantitative estimate of drug-likeness (QED) is 0.799. The molecule has 1 atom stereocenters. The van der Waals surface area contributed by atoms with Crippen LogP contribution in [-0.4, -0.2) is 48.8 Å². The zero-order valence-corrected chi connectivity index (χ0v) is 15.0. The molecule has 0 unspecified atom stereocenters. The fourth-order valence-electron chi connectivity index (χ4n) is 2.80. The summed E-state index contributed by atoms with van der Waals surface area (Å²) in [6.07, 6.45) is 0.391. The Hall–Kier alpha value is -2.68. The van der Waals surface area contributed by atoms with Gasteiger partial charge in [0.05, 0.1) is 24.3 Å². The minimum Gasteiger partial charge on any atom is -0.497 e. The van der Waals surface area contributed by atoms with Gasteiger partial charge < -0.3 is 10.1 Å². The molecule has 0 saturated carbocycles. The molecule has 26 heavy (non-hydrogen) atoms. The lowest BCUT2D eigenvalue weighted by atomic mass is 10.1. The molecule has 9 heteroatoms. The maximum atomic E-state index is 12.1. The molecule has 1 amide bonds. The Morgan fingerprint density at radius 3 is 2.62 bits per heavy atom. The molecule has 1 aliphatic rings. The summed E-state index contributed by atoms with van der Waals surface area (Å²) in [4.78, 5) is 24.1. The molecular weight excluding hydrogens is 358 g/mol. The molecule has 1 N–H and O–H groups in total. The highest BCUT2D eigenvalue weighted by Crippen LogP contribution is 2.19. The van der Waals surface area contributed by atoms with Crippen LogP contribution in [0.1, 0.15) is 6.42 Å². The lowest BCUT2D eigenvalue weighted by molar-refractivity contribution is -0.122. The van der Waals surface area contributed by atoms with E-state index in [0.29, 0.717) is 17.9 Å². The summed E-state index contributed by atoms with van der Waals surface area (Å²) in [6, 6.07) is 9.69. The summed E-state index contributed by atoms with van der Waals surface area (Å²) in [5.74, 6) is 0.275. The standard InChI is InChI=1S/C17H19N3O5S/c1-25-14-4-2-12(3-5-14)15-6-7-17(22)20(19-15)10-16(21)18-13-8-9-26(23,24)11-13/h2-7,13H,8-11H2,1H3,(H,18,21)/t13-/m0/s1. The number of carbonyl (C=O) groups excluding carboxylic acids is 1. The van der Waals surface area contributed by atoms with Crippen molar-refractivity contribution < 1.29 is 17.9 Å². The molecule has 1 fully saturated rings. The van der Waals surface area contributed by atoms with Crippen molar-refractivity contribution in [2.24, 2.45) is 0 Å². The van der Waals surface area contributed by atoms with Gasteiger partial charge in [-0.25, -0.2) is 13.1 Å². The lowest BCUT2D eigenvalue weighted by Gasteiger charge is -2.12. The van der Waals surface area contributed by atoms with E-state index >= 15 is 0 Å². The molecule has 1 saturated heterocycles. The van der Waals surface area contributed by atoms with E-state index in [1.807, 2.05) is 0 Å². The van der Waals surface area contributed by atoms with Gasteiger partial charge in [0.1, 0.15) is 12.3 Å². The zero-order valence-electron chi connectivity index (χ0n) is 14.2. The molecule has 2 aromatic rings. The summed E-state index contributed by atoms with van der Waals surface area (Å²) >= 11 is 0. The highest BCUT2D eigenvalue weighted by molar-refractivity contribution is 7.91. The van der Waals surface area contributed by atoms with Crippen LogP contribution in [0.2, 0.25) is 0 Å². The zero-order chi connectivity index (χ0) is 18.7. The fraction of sp³-hybridized carbons (Fsp3) is 0.353. The molecule has 0 spiro atoms. The Bertz CT molecular complexity index is 967. The lowest BCUT2D eigenvalue weighted by Crippen LogP contribution is -2.40. The predicted molar refractivity (Wildman–Crippen MR) is 95.7 cm³/mol. The van der Waals surface area contributed by atoms with Crippen LogP contribution in [0.4, 0.5) is 0 Å². The number of amides is 1. The number of methoxy groups -OCH3 is 1. The molecule has 138 valence electrons. The third kappa shape index (κ3) is 4.29. The van der Waals surface area contributed by atoms with E-state index in [0.717, 1.165) is 10.2 Å². The van der Waals surface area contributed by atoms with Crippen LogP contribution >= 0.6 is 0 Å². The van der Waals surface area contributed by atoms with Crippen molar-refractivity contribution in [3.8, 4) is 17.0 Å². The number of benzene rings is 1. The first kappa shape index (κ1) is 18.1. The summed E-state index contributed by atoms with van der Waals surface area (Å²) in [7, 11) is -1.51. The van der Waals surface area contributed by atoms with Gasteiger partial charge in [-0.3, -0.25) is 9.59 Å². The number of hydrogen-bond donors (Lipinski definition) is 1. The van der Waals surface area contributed by atoms with Gasteiger partial charge in [0, 0.05) is 17.7 Å². The van der Waals surface area contributed by atoms with Crippen molar-refractivity contribution in [1.29, 1.82) is 0 Å². The number of aromatic nitrogens is 2. The average Bonchev–Trinajstić information content (AvgIpc) is 2.95. The molecule has 1 aromatic carbocycles. The highest BCUT2D eigenvalue weighted by atomic mass is 32.2. The molecule has 1 aromatic heterocycles. The van der Waals surface area contributed by atoms with Gasteiger partial charge in [-0.1, -0.05) is 0 Å². The van der Waals surface area contributed by atoms with E-state index in [2.05, 4.69) is 10.4 Å². The van der Waals surface area contributed by atoms with Crippen molar-refractivity contribution in [1.82, 2.24) is 15.1 Å². The number of nitrogens with zero attached hydrogens (tertiary/aromatic N) is 2. The van der Waals surface area contributed by atoms with E-state index in [1.54, 1.807) is 37.4 Å². The topological polar surface area (TPSA) is 107 Å². The van der Waals surface area contributed by atoms with Crippen molar-refractivity contribution >= 4 is 15.7 Å². The van der Waals surface area contributed by atoms with Gasteiger partial charge in [0.2, 0.25) is 5.91 Å². The number of rotatable bonds is 5. The van der Waals surface area contributed by atoms with Crippen LogP contribution in [0, 0.1) is 0 Å². The smallest absolute Gasteiger partial charge is 0.267 e. The molecule has 0 aliphatic carbocycles. The van der Waals surface area contributed by atoms with Gasteiger partial charge in [-0.05, 0) is 36.8 Å². The highest BCUT2D eigenvalue weighted by Gasteiger charge is 2.28. The van der Waals surface area contributed by atoms with Gasteiger partial charge in [0.15, 0.2) is 9.84 Å². The Kier molecular flexibility index (Phi) is 5.08. The van der Waals surface area contributed by atoms with E-state index in [-0.39, 0.29) is 18.1 Å². The van der Waals surface area contributed by atoms with E-state index < -0.39 is 27.3 Å². The van der Waals surface area contributed by atoms with E-state index in [1.165, 1.54) is 6.07 Å². The first-order chi connectivity index (χ1) is 12.4. The minimum absolute atomic E-state index is 0.0625. The Labute approximate surface area is 150 Å². The second-order valence-electron chi connectivity index (χ2n) is 6.11. The molecule has 3 rings (SSSR count). The number of carbonyl (C=O) groups is 1. The van der Waals surface area contributed by atoms with Gasteiger partial charge in [0.25, 0.3) is 5.56 Å². The molecule has 0 radical (unpaired) electrons. The SMILES string of the molecule is COc1ccc(-c2ccc(=O)n(CC(=O)N[C@H]3CCS(=O)(=O)C3)n2)cc1. The molecule has 8 nitrogen and oxygen atoms in total. The normalized spacial score (nSPS) is 18.4. The number of hydrogen-bond acceptors (Lipinski definition) is 6.